The summed E-state index contributed by atoms with van der Waals surface area (Å²) < 4.78 is 27.6. The van der Waals surface area contributed by atoms with Crippen LogP contribution >= 0.6 is 0 Å². The van der Waals surface area contributed by atoms with Crippen molar-refractivity contribution in [3.05, 3.63) is 29.8 Å². The van der Waals surface area contributed by atoms with Gasteiger partial charge in [0.1, 0.15) is 0 Å². The van der Waals surface area contributed by atoms with Crippen LogP contribution in [0.5, 0.6) is 0 Å². The molecule has 140 valence electrons. The Bertz CT molecular complexity index is 690. The molecule has 0 radical (unpaired) electrons. The first kappa shape index (κ1) is 19.9. The lowest BCUT2D eigenvalue weighted by atomic mass is 9.95. The molecule has 0 bridgehead atoms. The van der Waals surface area contributed by atoms with Gasteiger partial charge in [0.2, 0.25) is 15.9 Å². The first-order valence-corrected chi connectivity index (χ1v) is 10.4. The van der Waals surface area contributed by atoms with Gasteiger partial charge in [-0.15, -0.1) is 0 Å². The van der Waals surface area contributed by atoms with Crippen molar-refractivity contribution in [2.45, 2.75) is 64.3 Å². The third-order valence-corrected chi connectivity index (χ3v) is 6.61. The fraction of sp³-hybridized carbons (Fsp3) is 0.632. The van der Waals surface area contributed by atoms with Crippen LogP contribution < -0.4 is 5.32 Å². The lowest BCUT2D eigenvalue weighted by molar-refractivity contribution is -0.128. The Morgan fingerprint density at radius 2 is 1.84 bits per heavy atom. The number of carbonyl (C=O) groups excluding carboxylic acids is 1. The molecule has 1 N–H and O–H groups in total. The highest BCUT2D eigenvalue weighted by Gasteiger charge is 2.33. The van der Waals surface area contributed by atoms with Crippen molar-refractivity contribution < 1.29 is 13.2 Å². The summed E-state index contributed by atoms with van der Waals surface area (Å²) in [6, 6.07) is 6.96. The van der Waals surface area contributed by atoms with Gasteiger partial charge in [0.15, 0.2) is 0 Å². The average molecular weight is 367 g/mol. The minimum atomic E-state index is -3.49. The normalized spacial score (nSPS) is 19.6. The van der Waals surface area contributed by atoms with E-state index in [2.05, 4.69) is 5.32 Å². The molecule has 5 nitrogen and oxygen atoms in total. The van der Waals surface area contributed by atoms with Gasteiger partial charge >= 0.3 is 0 Å². The highest BCUT2D eigenvalue weighted by Crippen LogP contribution is 2.27. The fourth-order valence-electron chi connectivity index (χ4n) is 3.04. The van der Waals surface area contributed by atoms with Gasteiger partial charge in [0.25, 0.3) is 0 Å². The molecule has 25 heavy (non-hydrogen) atoms. The molecule has 0 aliphatic carbocycles. The van der Waals surface area contributed by atoms with Gasteiger partial charge in [0, 0.05) is 24.5 Å². The third kappa shape index (κ3) is 5.05. The molecule has 1 aromatic carbocycles. The summed E-state index contributed by atoms with van der Waals surface area (Å²) in [7, 11) is -3.49. The highest BCUT2D eigenvalue weighted by atomic mass is 32.2. The van der Waals surface area contributed by atoms with E-state index in [1.54, 1.807) is 16.4 Å². The van der Waals surface area contributed by atoms with Crippen LogP contribution in [-0.2, 0) is 14.8 Å². The smallest absolute Gasteiger partial charge is 0.243 e. The molecule has 1 fully saturated rings. The van der Waals surface area contributed by atoms with E-state index in [0.717, 1.165) is 24.8 Å². The molecule has 1 aromatic rings. The molecule has 1 atom stereocenters. The second-order valence-corrected chi connectivity index (χ2v) is 9.76. The first-order valence-electron chi connectivity index (χ1n) is 8.99. The summed E-state index contributed by atoms with van der Waals surface area (Å²) in [5.74, 6) is -0.00347. The fourth-order valence-corrected chi connectivity index (χ4v) is 4.77. The number of amides is 1. The SMILES string of the molecule is Cc1ccc(S(=O)(=O)N2CCCCC2CCNC(=O)C(C)(C)C)cc1. The van der Waals surface area contributed by atoms with Gasteiger partial charge < -0.3 is 5.32 Å². The van der Waals surface area contributed by atoms with Crippen LogP contribution in [0, 0.1) is 12.3 Å². The summed E-state index contributed by atoms with van der Waals surface area (Å²) in [5, 5.41) is 2.93. The van der Waals surface area contributed by atoms with Crippen molar-refractivity contribution in [3.63, 3.8) is 0 Å². The zero-order valence-electron chi connectivity index (χ0n) is 15.7. The summed E-state index contributed by atoms with van der Waals surface area (Å²) in [5.41, 5.74) is 0.610. The predicted molar refractivity (Wildman–Crippen MR) is 99.8 cm³/mol. The van der Waals surface area contributed by atoms with Crippen LogP contribution in [0.4, 0.5) is 0 Å². The molecule has 2 rings (SSSR count). The zero-order chi connectivity index (χ0) is 18.7. The molecule has 1 aliphatic heterocycles. The Morgan fingerprint density at radius 3 is 2.44 bits per heavy atom. The minimum Gasteiger partial charge on any atom is -0.356 e. The maximum absolute atomic E-state index is 13.0. The molecule has 6 heteroatoms. The van der Waals surface area contributed by atoms with Gasteiger partial charge in [-0.2, -0.15) is 4.31 Å². The molecule has 1 amide bonds. The van der Waals surface area contributed by atoms with Crippen molar-refractivity contribution in [2.75, 3.05) is 13.1 Å². The largest absolute Gasteiger partial charge is 0.356 e. The average Bonchev–Trinajstić information content (AvgIpc) is 2.54. The van der Waals surface area contributed by atoms with E-state index in [0.29, 0.717) is 24.4 Å². The lowest BCUT2D eigenvalue weighted by Crippen LogP contribution is -2.45. The summed E-state index contributed by atoms with van der Waals surface area (Å²) in [6.45, 7) is 8.61. The Balaban J connectivity index is 2.07. The second kappa shape index (κ2) is 7.87. The molecule has 1 heterocycles. The van der Waals surface area contributed by atoms with Crippen LogP contribution in [0.3, 0.4) is 0 Å². The van der Waals surface area contributed by atoms with Gasteiger partial charge in [-0.25, -0.2) is 8.42 Å². The van der Waals surface area contributed by atoms with E-state index >= 15 is 0 Å². The maximum Gasteiger partial charge on any atom is 0.243 e. The van der Waals surface area contributed by atoms with Crippen molar-refractivity contribution in [3.8, 4) is 0 Å². The van der Waals surface area contributed by atoms with Gasteiger partial charge in [-0.3, -0.25) is 4.79 Å². The van der Waals surface area contributed by atoms with Crippen molar-refractivity contribution in [1.29, 1.82) is 0 Å². The first-order chi connectivity index (χ1) is 11.6. The standard InChI is InChI=1S/C19H30N2O3S/c1-15-8-10-17(11-9-15)25(23,24)21-14-6-5-7-16(21)12-13-20-18(22)19(2,3)4/h8-11,16H,5-7,12-14H2,1-4H3,(H,20,22). The van der Waals surface area contributed by atoms with Gasteiger partial charge in [-0.1, -0.05) is 44.9 Å². The molecule has 0 aromatic heterocycles. The monoisotopic (exact) mass is 366 g/mol. The Labute approximate surface area is 151 Å². The summed E-state index contributed by atoms with van der Waals surface area (Å²) >= 11 is 0. The molecule has 1 saturated heterocycles. The van der Waals surface area contributed by atoms with E-state index in [1.807, 2.05) is 39.8 Å². The minimum absolute atomic E-state index is 0.00347. The van der Waals surface area contributed by atoms with Crippen LogP contribution in [-0.4, -0.2) is 37.8 Å². The number of sulfonamides is 1. The summed E-state index contributed by atoms with van der Waals surface area (Å²) in [6.07, 6.45) is 3.40. The summed E-state index contributed by atoms with van der Waals surface area (Å²) in [4.78, 5) is 12.3. The van der Waals surface area contributed by atoms with Crippen LogP contribution in [0.15, 0.2) is 29.2 Å². The number of nitrogens with zero attached hydrogens (tertiary/aromatic N) is 1. The van der Waals surface area contributed by atoms with E-state index in [4.69, 9.17) is 0 Å². The number of carbonyl (C=O) groups is 1. The molecule has 0 spiro atoms. The van der Waals surface area contributed by atoms with E-state index in [-0.39, 0.29) is 11.9 Å². The van der Waals surface area contributed by atoms with Crippen molar-refractivity contribution in [2.24, 2.45) is 5.41 Å². The number of benzene rings is 1. The number of hydrogen-bond donors (Lipinski definition) is 1. The van der Waals surface area contributed by atoms with Crippen LogP contribution in [0.1, 0.15) is 52.0 Å². The topological polar surface area (TPSA) is 66.5 Å². The van der Waals surface area contributed by atoms with E-state index in [9.17, 15) is 13.2 Å². The van der Waals surface area contributed by atoms with E-state index < -0.39 is 15.4 Å². The Morgan fingerprint density at radius 1 is 1.20 bits per heavy atom. The third-order valence-electron chi connectivity index (χ3n) is 4.64. The van der Waals surface area contributed by atoms with Gasteiger partial charge in [-0.05, 0) is 38.3 Å². The van der Waals surface area contributed by atoms with Crippen LogP contribution in [0.25, 0.3) is 0 Å². The number of nitrogens with one attached hydrogen (secondary N) is 1. The molecule has 0 saturated carbocycles. The number of piperidine rings is 1. The van der Waals surface area contributed by atoms with Crippen LogP contribution in [0.2, 0.25) is 0 Å². The number of rotatable bonds is 5. The van der Waals surface area contributed by atoms with Crippen molar-refractivity contribution >= 4 is 15.9 Å². The van der Waals surface area contributed by atoms with Crippen molar-refractivity contribution in [1.82, 2.24) is 9.62 Å². The van der Waals surface area contributed by atoms with Gasteiger partial charge in [0.05, 0.1) is 4.90 Å². The number of aryl methyl sites for hydroxylation is 1. The molecule has 1 unspecified atom stereocenters. The Hall–Kier alpha value is -1.40. The highest BCUT2D eigenvalue weighted by molar-refractivity contribution is 7.89. The lowest BCUT2D eigenvalue weighted by Gasteiger charge is -2.35. The number of hydrogen-bond acceptors (Lipinski definition) is 3. The predicted octanol–water partition coefficient (Wildman–Crippen LogP) is 3.09. The maximum atomic E-state index is 13.0. The second-order valence-electron chi connectivity index (χ2n) is 7.87. The molecular formula is C19H30N2O3S. The molecule has 1 aliphatic rings. The molecular weight excluding hydrogens is 336 g/mol. The van der Waals surface area contributed by atoms with E-state index in [1.165, 1.54) is 0 Å². The zero-order valence-corrected chi connectivity index (χ0v) is 16.5. The quantitative estimate of drug-likeness (QED) is 0.871. The Kier molecular flexibility index (Phi) is 6.27.